The number of hydrogen-bond donors (Lipinski definition) is 1. The highest BCUT2D eigenvalue weighted by molar-refractivity contribution is 7.76. The lowest BCUT2D eigenvalue weighted by molar-refractivity contribution is -0.112. The maximum atomic E-state index is 10.5. The molecule has 1 fully saturated rings. The van der Waals surface area contributed by atoms with Gasteiger partial charge in [-0.25, -0.2) is 8.51 Å². The van der Waals surface area contributed by atoms with Crippen LogP contribution in [0.15, 0.2) is 0 Å². The third-order valence-corrected chi connectivity index (χ3v) is 2.72. The molecule has 11 heavy (non-hydrogen) atoms. The van der Waals surface area contributed by atoms with Gasteiger partial charge in [0.05, 0.1) is 0 Å². The fourth-order valence-electron chi connectivity index (χ4n) is 1.17. The SMILES string of the molecule is O=CC1CCN(S(=O)O)CC1. The Morgan fingerprint density at radius 2 is 2.00 bits per heavy atom. The number of aldehydes is 1. The van der Waals surface area contributed by atoms with Gasteiger partial charge in [-0.2, -0.15) is 0 Å². The minimum atomic E-state index is -1.85. The second-order valence-corrected chi connectivity index (χ2v) is 3.61. The van der Waals surface area contributed by atoms with Gasteiger partial charge in [-0.1, -0.05) is 0 Å². The van der Waals surface area contributed by atoms with E-state index in [0.29, 0.717) is 25.9 Å². The third kappa shape index (κ3) is 2.36. The summed E-state index contributed by atoms with van der Waals surface area (Å²) in [7, 11) is 0. The van der Waals surface area contributed by atoms with E-state index < -0.39 is 11.3 Å². The highest BCUT2D eigenvalue weighted by Crippen LogP contribution is 2.15. The molecular weight excluding hydrogens is 166 g/mol. The molecule has 4 nitrogen and oxygen atoms in total. The molecule has 1 atom stereocenters. The van der Waals surface area contributed by atoms with Crippen molar-refractivity contribution < 1.29 is 13.6 Å². The molecule has 64 valence electrons. The number of hydrogen-bond acceptors (Lipinski definition) is 2. The summed E-state index contributed by atoms with van der Waals surface area (Å²) in [4.78, 5) is 10.3. The van der Waals surface area contributed by atoms with Crippen molar-refractivity contribution in [2.45, 2.75) is 12.8 Å². The summed E-state index contributed by atoms with van der Waals surface area (Å²) in [6, 6.07) is 0. The predicted octanol–water partition coefficient (Wildman–Crippen LogP) is 0.0340. The fourth-order valence-corrected chi connectivity index (χ4v) is 1.69. The van der Waals surface area contributed by atoms with Crippen LogP contribution in [0.4, 0.5) is 0 Å². The van der Waals surface area contributed by atoms with Gasteiger partial charge in [0.25, 0.3) is 0 Å². The van der Waals surface area contributed by atoms with Gasteiger partial charge >= 0.3 is 0 Å². The summed E-state index contributed by atoms with van der Waals surface area (Å²) in [5, 5.41) is 0. The van der Waals surface area contributed by atoms with Crippen molar-refractivity contribution in [1.82, 2.24) is 4.31 Å². The molecular formula is C6H11NO3S. The standard InChI is InChI=1S/C6H11NO3S/c8-5-6-1-3-7(4-2-6)11(9)10/h5-6H,1-4H2,(H,9,10). The third-order valence-electron chi connectivity index (χ3n) is 1.91. The Morgan fingerprint density at radius 3 is 2.36 bits per heavy atom. The lowest BCUT2D eigenvalue weighted by Crippen LogP contribution is -2.35. The quantitative estimate of drug-likeness (QED) is 0.478. The normalized spacial score (nSPS) is 24.8. The second-order valence-electron chi connectivity index (χ2n) is 2.63. The summed E-state index contributed by atoms with van der Waals surface area (Å²) in [6.07, 6.45) is 2.34. The molecule has 1 aliphatic rings. The highest BCUT2D eigenvalue weighted by Gasteiger charge is 2.21. The first-order valence-electron chi connectivity index (χ1n) is 3.55. The van der Waals surface area contributed by atoms with Crippen LogP contribution < -0.4 is 0 Å². The van der Waals surface area contributed by atoms with E-state index in [0.717, 1.165) is 6.29 Å². The van der Waals surface area contributed by atoms with Gasteiger partial charge in [0.1, 0.15) is 6.29 Å². The molecule has 0 amide bonds. The topological polar surface area (TPSA) is 57.6 Å². The summed E-state index contributed by atoms with van der Waals surface area (Å²) in [6.45, 7) is 1.10. The van der Waals surface area contributed by atoms with Crippen molar-refractivity contribution >= 4 is 17.6 Å². The lowest BCUT2D eigenvalue weighted by atomic mass is 10.0. The molecule has 0 radical (unpaired) electrons. The zero-order chi connectivity index (χ0) is 8.27. The monoisotopic (exact) mass is 177 g/mol. The molecule has 5 heteroatoms. The molecule has 1 saturated heterocycles. The number of piperidine rings is 1. The Balaban J connectivity index is 2.35. The number of carbonyl (C=O) groups is 1. The minimum absolute atomic E-state index is 0.0924. The predicted molar refractivity (Wildman–Crippen MR) is 41.1 cm³/mol. The van der Waals surface area contributed by atoms with Crippen LogP contribution in [0.1, 0.15) is 12.8 Å². The van der Waals surface area contributed by atoms with Gasteiger partial charge in [0.2, 0.25) is 11.3 Å². The molecule has 0 aromatic rings. The summed E-state index contributed by atoms with van der Waals surface area (Å²) >= 11 is -1.85. The van der Waals surface area contributed by atoms with Gasteiger partial charge < -0.3 is 4.79 Å². The van der Waals surface area contributed by atoms with E-state index in [4.69, 9.17) is 4.55 Å². The molecule has 1 rings (SSSR count). The summed E-state index contributed by atoms with van der Waals surface area (Å²) in [5.74, 6) is 0.0924. The van der Waals surface area contributed by atoms with Gasteiger partial charge in [-0.3, -0.25) is 4.55 Å². The van der Waals surface area contributed by atoms with Gasteiger partial charge in [-0.15, -0.1) is 0 Å². The van der Waals surface area contributed by atoms with Crippen LogP contribution in [0.2, 0.25) is 0 Å². The van der Waals surface area contributed by atoms with Crippen molar-refractivity contribution in [3.8, 4) is 0 Å². The second kappa shape index (κ2) is 3.94. The smallest absolute Gasteiger partial charge is 0.234 e. The fraction of sp³-hybridized carbons (Fsp3) is 0.833. The molecule has 1 N–H and O–H groups in total. The Morgan fingerprint density at radius 1 is 1.45 bits per heavy atom. The Hall–Kier alpha value is -0.260. The molecule has 0 aromatic carbocycles. The van der Waals surface area contributed by atoms with Crippen LogP contribution in [-0.2, 0) is 16.1 Å². The Bertz CT molecular complexity index is 165. The lowest BCUT2D eigenvalue weighted by Gasteiger charge is -2.25. The number of carbonyl (C=O) groups excluding carboxylic acids is 1. The maximum absolute atomic E-state index is 10.5. The molecule has 0 bridgehead atoms. The molecule has 0 aliphatic carbocycles. The molecule has 0 saturated carbocycles. The van der Waals surface area contributed by atoms with E-state index in [1.54, 1.807) is 0 Å². The highest BCUT2D eigenvalue weighted by atomic mass is 32.2. The molecule has 1 unspecified atom stereocenters. The van der Waals surface area contributed by atoms with Crippen LogP contribution in [0.3, 0.4) is 0 Å². The van der Waals surface area contributed by atoms with Crippen molar-refractivity contribution in [2.75, 3.05) is 13.1 Å². The number of rotatable bonds is 2. The van der Waals surface area contributed by atoms with Crippen LogP contribution in [0.5, 0.6) is 0 Å². The maximum Gasteiger partial charge on any atom is 0.234 e. The average molecular weight is 177 g/mol. The van der Waals surface area contributed by atoms with Gasteiger partial charge in [-0.05, 0) is 12.8 Å². The van der Waals surface area contributed by atoms with E-state index in [1.165, 1.54) is 4.31 Å². The van der Waals surface area contributed by atoms with Crippen LogP contribution >= 0.6 is 0 Å². The van der Waals surface area contributed by atoms with E-state index in [2.05, 4.69) is 0 Å². The van der Waals surface area contributed by atoms with E-state index in [-0.39, 0.29) is 5.92 Å². The van der Waals surface area contributed by atoms with Crippen LogP contribution in [0.25, 0.3) is 0 Å². The van der Waals surface area contributed by atoms with Crippen molar-refractivity contribution in [3.63, 3.8) is 0 Å². The largest absolute Gasteiger partial charge is 0.303 e. The van der Waals surface area contributed by atoms with Crippen LogP contribution in [-0.4, -0.2) is 32.4 Å². The number of nitrogens with zero attached hydrogens (tertiary/aromatic N) is 1. The average Bonchev–Trinajstić information content (AvgIpc) is 2.05. The molecule has 0 aromatic heterocycles. The van der Waals surface area contributed by atoms with E-state index in [1.807, 2.05) is 0 Å². The zero-order valence-electron chi connectivity index (χ0n) is 6.10. The first-order chi connectivity index (χ1) is 5.24. The zero-order valence-corrected chi connectivity index (χ0v) is 6.92. The van der Waals surface area contributed by atoms with Gasteiger partial charge in [0.15, 0.2) is 0 Å². The molecule has 0 spiro atoms. The van der Waals surface area contributed by atoms with Gasteiger partial charge in [0, 0.05) is 19.0 Å². The minimum Gasteiger partial charge on any atom is -0.303 e. The summed E-state index contributed by atoms with van der Waals surface area (Å²) in [5.41, 5.74) is 0. The molecule has 1 aliphatic heterocycles. The van der Waals surface area contributed by atoms with Crippen LogP contribution in [0, 0.1) is 5.92 Å². The summed E-state index contributed by atoms with van der Waals surface area (Å²) < 4.78 is 20.6. The van der Waals surface area contributed by atoms with E-state index >= 15 is 0 Å². The Kier molecular flexibility index (Phi) is 3.16. The first-order valence-corrected chi connectivity index (χ1v) is 4.61. The van der Waals surface area contributed by atoms with Crippen molar-refractivity contribution in [3.05, 3.63) is 0 Å². The Labute approximate surface area is 68.0 Å². The van der Waals surface area contributed by atoms with E-state index in [9.17, 15) is 9.00 Å². The molecule has 1 heterocycles. The van der Waals surface area contributed by atoms with Crippen molar-refractivity contribution in [2.24, 2.45) is 5.92 Å². The van der Waals surface area contributed by atoms with Crippen molar-refractivity contribution in [1.29, 1.82) is 0 Å². The first kappa shape index (κ1) is 8.83.